The standard InChI is InChI=1S/C18H16Cl2N2/c19-18(20)11-14(18)12-22-16-9-5-4-8-15(16)21-17(22)10-13-6-2-1-3-7-13/h1-9,14H,10-12H2/t14-/m1/s1. The summed E-state index contributed by atoms with van der Waals surface area (Å²) in [6, 6.07) is 18.7. The second kappa shape index (κ2) is 5.29. The first-order valence-corrected chi connectivity index (χ1v) is 8.25. The lowest BCUT2D eigenvalue weighted by Gasteiger charge is -2.09. The molecule has 2 nitrogen and oxygen atoms in total. The Bertz CT molecular complexity index is 808. The van der Waals surface area contributed by atoms with Crippen LogP contribution in [-0.2, 0) is 13.0 Å². The summed E-state index contributed by atoms with van der Waals surface area (Å²) in [4.78, 5) is 4.81. The van der Waals surface area contributed by atoms with Crippen molar-refractivity contribution in [2.75, 3.05) is 0 Å². The fourth-order valence-corrected chi connectivity index (χ4v) is 3.44. The van der Waals surface area contributed by atoms with Gasteiger partial charge in [-0.3, -0.25) is 0 Å². The number of benzene rings is 2. The fraction of sp³-hybridized carbons (Fsp3) is 0.278. The maximum Gasteiger partial charge on any atom is 0.123 e. The van der Waals surface area contributed by atoms with E-state index >= 15 is 0 Å². The molecule has 0 unspecified atom stereocenters. The number of rotatable bonds is 4. The van der Waals surface area contributed by atoms with Gasteiger partial charge in [-0.15, -0.1) is 23.2 Å². The van der Waals surface area contributed by atoms with Gasteiger partial charge in [0.05, 0.1) is 11.0 Å². The van der Waals surface area contributed by atoms with Gasteiger partial charge in [0.25, 0.3) is 0 Å². The zero-order valence-electron chi connectivity index (χ0n) is 12.0. The van der Waals surface area contributed by atoms with Crippen LogP contribution in [0.15, 0.2) is 54.6 Å². The maximum absolute atomic E-state index is 6.22. The molecule has 0 spiro atoms. The Morgan fingerprint density at radius 1 is 1.05 bits per heavy atom. The summed E-state index contributed by atoms with van der Waals surface area (Å²) in [5.74, 6) is 1.38. The van der Waals surface area contributed by atoms with Crippen molar-refractivity contribution in [3.05, 3.63) is 66.0 Å². The number of alkyl halides is 2. The number of nitrogens with zero attached hydrogens (tertiary/aromatic N) is 2. The van der Waals surface area contributed by atoms with Crippen LogP contribution in [0.5, 0.6) is 0 Å². The number of aromatic nitrogens is 2. The van der Waals surface area contributed by atoms with Gasteiger partial charge < -0.3 is 4.57 Å². The lowest BCUT2D eigenvalue weighted by atomic mass is 10.1. The van der Waals surface area contributed by atoms with E-state index in [2.05, 4.69) is 41.0 Å². The van der Waals surface area contributed by atoms with Crippen LogP contribution < -0.4 is 0 Å². The highest BCUT2D eigenvalue weighted by Gasteiger charge is 2.51. The van der Waals surface area contributed by atoms with Crippen molar-refractivity contribution >= 4 is 34.2 Å². The lowest BCUT2D eigenvalue weighted by Crippen LogP contribution is -2.08. The molecule has 1 heterocycles. The minimum atomic E-state index is -0.560. The molecule has 0 saturated heterocycles. The third kappa shape index (κ3) is 2.62. The summed E-state index contributed by atoms with van der Waals surface area (Å²) in [5, 5.41) is 0. The van der Waals surface area contributed by atoms with E-state index in [-0.39, 0.29) is 0 Å². The molecule has 1 saturated carbocycles. The molecule has 1 aromatic heterocycles. The largest absolute Gasteiger partial charge is 0.327 e. The first kappa shape index (κ1) is 14.1. The van der Waals surface area contributed by atoms with Gasteiger partial charge in [-0.2, -0.15) is 0 Å². The van der Waals surface area contributed by atoms with E-state index in [1.165, 1.54) is 5.56 Å². The van der Waals surface area contributed by atoms with E-state index in [9.17, 15) is 0 Å². The second-order valence-corrected chi connectivity index (χ2v) is 7.49. The van der Waals surface area contributed by atoms with Crippen LogP contribution in [0.2, 0.25) is 0 Å². The van der Waals surface area contributed by atoms with Crippen LogP contribution in [0, 0.1) is 5.92 Å². The Kier molecular flexibility index (Phi) is 3.39. The Labute approximate surface area is 139 Å². The summed E-state index contributed by atoms with van der Waals surface area (Å²) in [5.41, 5.74) is 3.45. The minimum absolute atomic E-state index is 0.308. The molecule has 4 rings (SSSR count). The molecule has 0 amide bonds. The van der Waals surface area contributed by atoms with Gasteiger partial charge in [0.15, 0.2) is 0 Å². The number of halogens is 2. The van der Waals surface area contributed by atoms with Crippen molar-refractivity contribution in [1.82, 2.24) is 9.55 Å². The van der Waals surface area contributed by atoms with Crippen LogP contribution in [0.25, 0.3) is 11.0 Å². The molecule has 1 atom stereocenters. The molecule has 1 fully saturated rings. The minimum Gasteiger partial charge on any atom is -0.327 e. The Morgan fingerprint density at radius 3 is 2.45 bits per heavy atom. The molecule has 1 aliphatic rings. The Balaban J connectivity index is 1.73. The van der Waals surface area contributed by atoms with Crippen molar-refractivity contribution in [3.8, 4) is 0 Å². The maximum atomic E-state index is 6.22. The monoisotopic (exact) mass is 330 g/mol. The molecule has 0 N–H and O–H groups in total. The van der Waals surface area contributed by atoms with Gasteiger partial charge in [-0.25, -0.2) is 4.98 Å². The summed E-state index contributed by atoms with van der Waals surface area (Å²) in [6.07, 6.45) is 1.67. The molecule has 0 aliphatic heterocycles. The van der Waals surface area contributed by atoms with Crippen molar-refractivity contribution in [2.45, 2.75) is 23.7 Å². The van der Waals surface area contributed by atoms with Crippen LogP contribution in [-0.4, -0.2) is 13.9 Å². The predicted molar refractivity (Wildman–Crippen MR) is 91.5 cm³/mol. The smallest absolute Gasteiger partial charge is 0.123 e. The van der Waals surface area contributed by atoms with Gasteiger partial charge in [-0.1, -0.05) is 42.5 Å². The van der Waals surface area contributed by atoms with Gasteiger partial charge in [-0.05, 0) is 24.1 Å². The molecular formula is C18H16Cl2N2. The first-order chi connectivity index (χ1) is 10.6. The average Bonchev–Trinajstić information content (AvgIpc) is 2.97. The molecule has 4 heteroatoms. The molecule has 22 heavy (non-hydrogen) atoms. The lowest BCUT2D eigenvalue weighted by molar-refractivity contribution is 0.612. The van der Waals surface area contributed by atoms with Gasteiger partial charge in [0.2, 0.25) is 0 Å². The highest BCUT2D eigenvalue weighted by molar-refractivity contribution is 6.50. The third-order valence-corrected chi connectivity index (χ3v) is 5.22. The average molecular weight is 331 g/mol. The van der Waals surface area contributed by atoms with E-state index < -0.39 is 4.33 Å². The number of hydrogen-bond donors (Lipinski definition) is 0. The summed E-state index contributed by atoms with van der Waals surface area (Å²) in [6.45, 7) is 0.829. The third-order valence-electron chi connectivity index (χ3n) is 4.30. The second-order valence-electron chi connectivity index (χ2n) is 5.95. The number of hydrogen-bond acceptors (Lipinski definition) is 1. The van der Waals surface area contributed by atoms with E-state index in [0.29, 0.717) is 5.92 Å². The molecule has 0 radical (unpaired) electrons. The predicted octanol–water partition coefficient (Wildman–Crippen LogP) is 4.82. The molecular weight excluding hydrogens is 315 g/mol. The number of imidazole rings is 1. The summed E-state index contributed by atoms with van der Waals surface area (Å²) in [7, 11) is 0. The normalized spacial score (nSPS) is 19.5. The van der Waals surface area contributed by atoms with Crippen molar-refractivity contribution in [3.63, 3.8) is 0 Å². The molecule has 0 bridgehead atoms. The highest BCUT2D eigenvalue weighted by atomic mass is 35.5. The topological polar surface area (TPSA) is 17.8 Å². The quantitative estimate of drug-likeness (QED) is 0.627. The molecule has 3 aromatic rings. The van der Waals surface area contributed by atoms with Crippen molar-refractivity contribution < 1.29 is 0 Å². The zero-order valence-corrected chi connectivity index (χ0v) is 13.6. The molecule has 112 valence electrons. The fourth-order valence-electron chi connectivity index (χ4n) is 2.93. The van der Waals surface area contributed by atoms with E-state index in [0.717, 1.165) is 36.2 Å². The van der Waals surface area contributed by atoms with E-state index in [1.807, 2.05) is 18.2 Å². The van der Waals surface area contributed by atoms with Gasteiger partial charge in [0, 0.05) is 18.9 Å². The van der Waals surface area contributed by atoms with Crippen molar-refractivity contribution in [1.29, 1.82) is 0 Å². The number of fused-ring (bicyclic) bond motifs is 1. The SMILES string of the molecule is ClC1(Cl)C[C@@H]1Cn1c(Cc2ccccc2)nc2ccccc21. The first-order valence-electron chi connectivity index (χ1n) is 7.49. The Hall–Kier alpha value is -1.51. The number of para-hydroxylation sites is 2. The van der Waals surface area contributed by atoms with Crippen molar-refractivity contribution in [2.24, 2.45) is 5.92 Å². The summed E-state index contributed by atoms with van der Waals surface area (Å²) >= 11 is 12.4. The van der Waals surface area contributed by atoms with Crippen LogP contribution in [0.4, 0.5) is 0 Å². The Morgan fingerprint density at radius 2 is 1.73 bits per heavy atom. The van der Waals surface area contributed by atoms with Crippen LogP contribution in [0.3, 0.4) is 0 Å². The van der Waals surface area contributed by atoms with E-state index in [4.69, 9.17) is 28.2 Å². The zero-order chi connectivity index (χ0) is 15.2. The molecule has 2 aromatic carbocycles. The summed E-state index contributed by atoms with van der Waals surface area (Å²) < 4.78 is 1.72. The highest BCUT2D eigenvalue weighted by Crippen LogP contribution is 2.54. The molecule has 1 aliphatic carbocycles. The van der Waals surface area contributed by atoms with E-state index in [1.54, 1.807) is 0 Å². The van der Waals surface area contributed by atoms with Crippen LogP contribution >= 0.6 is 23.2 Å². The van der Waals surface area contributed by atoms with Gasteiger partial charge in [0.1, 0.15) is 10.2 Å². The van der Waals surface area contributed by atoms with Gasteiger partial charge >= 0.3 is 0 Å². The van der Waals surface area contributed by atoms with Crippen LogP contribution in [0.1, 0.15) is 17.8 Å².